The standard InChI is InChI=1S/C8H12.C3H8/c1-7-3-5-8(2)6-4-7;1-3-2/h3,5H,4,6H2,1-2H3;3H2,1-2H3. The molecule has 0 fully saturated rings. The number of allylic oxidation sites excluding steroid dienone is 4. The highest BCUT2D eigenvalue weighted by molar-refractivity contribution is 5.20. The molecule has 1 aliphatic carbocycles. The maximum absolute atomic E-state index is 2.21. The molecule has 1 aliphatic rings. The molecular weight excluding hydrogens is 132 g/mol. The summed E-state index contributed by atoms with van der Waals surface area (Å²) < 4.78 is 0. The molecule has 1 rings (SSSR count). The lowest BCUT2D eigenvalue weighted by molar-refractivity contribution is 0.906. The number of hydrogen-bond donors (Lipinski definition) is 0. The Bertz CT molecular complexity index is 131. The van der Waals surface area contributed by atoms with Gasteiger partial charge < -0.3 is 0 Å². The Morgan fingerprint density at radius 2 is 1.27 bits per heavy atom. The van der Waals surface area contributed by atoms with Crippen molar-refractivity contribution in [2.24, 2.45) is 0 Å². The summed E-state index contributed by atoms with van der Waals surface area (Å²) in [5, 5.41) is 0. The highest BCUT2D eigenvalue weighted by Crippen LogP contribution is 2.15. The van der Waals surface area contributed by atoms with E-state index >= 15 is 0 Å². The smallest absolute Gasteiger partial charge is 0.0283 e. The topological polar surface area (TPSA) is 0 Å². The fraction of sp³-hybridized carbons (Fsp3) is 0.636. The summed E-state index contributed by atoms with van der Waals surface area (Å²) >= 11 is 0. The molecule has 11 heavy (non-hydrogen) atoms. The van der Waals surface area contributed by atoms with Crippen LogP contribution in [-0.2, 0) is 0 Å². The van der Waals surface area contributed by atoms with Crippen LogP contribution in [0.4, 0.5) is 0 Å². The van der Waals surface area contributed by atoms with Gasteiger partial charge in [0.15, 0.2) is 0 Å². The van der Waals surface area contributed by atoms with E-state index in [0.717, 1.165) is 0 Å². The van der Waals surface area contributed by atoms with Crippen LogP contribution in [-0.4, -0.2) is 0 Å². The first-order valence-electron chi connectivity index (χ1n) is 4.53. The van der Waals surface area contributed by atoms with Crippen LogP contribution in [0.5, 0.6) is 0 Å². The Hall–Kier alpha value is -0.520. The average molecular weight is 152 g/mol. The van der Waals surface area contributed by atoms with Crippen molar-refractivity contribution in [2.75, 3.05) is 0 Å². The molecule has 0 heterocycles. The van der Waals surface area contributed by atoms with Crippen LogP contribution in [0.15, 0.2) is 23.3 Å². The van der Waals surface area contributed by atoms with Crippen molar-refractivity contribution in [3.63, 3.8) is 0 Å². The first-order valence-corrected chi connectivity index (χ1v) is 4.53. The maximum Gasteiger partial charge on any atom is -0.0283 e. The molecule has 0 N–H and O–H groups in total. The third kappa shape index (κ3) is 5.90. The predicted octanol–water partition coefficient (Wildman–Crippen LogP) is 4.09. The molecular formula is C11H20. The Balaban J connectivity index is 0.000000292. The van der Waals surface area contributed by atoms with E-state index in [1.807, 2.05) is 0 Å². The fourth-order valence-corrected chi connectivity index (χ4v) is 0.846. The van der Waals surface area contributed by atoms with E-state index in [9.17, 15) is 0 Å². The Kier molecular flexibility index (Phi) is 5.91. The van der Waals surface area contributed by atoms with Crippen molar-refractivity contribution < 1.29 is 0 Å². The molecule has 0 bridgehead atoms. The Morgan fingerprint density at radius 1 is 1.00 bits per heavy atom. The van der Waals surface area contributed by atoms with Crippen molar-refractivity contribution >= 4 is 0 Å². The van der Waals surface area contributed by atoms with E-state index in [4.69, 9.17) is 0 Å². The second-order valence-corrected chi connectivity index (χ2v) is 3.23. The molecule has 0 aromatic rings. The van der Waals surface area contributed by atoms with Crippen LogP contribution in [0.2, 0.25) is 0 Å². The van der Waals surface area contributed by atoms with Gasteiger partial charge in [0.25, 0.3) is 0 Å². The molecule has 0 spiro atoms. The minimum atomic E-state index is 1.25. The van der Waals surface area contributed by atoms with Gasteiger partial charge in [0.05, 0.1) is 0 Å². The summed E-state index contributed by atoms with van der Waals surface area (Å²) in [4.78, 5) is 0. The lowest BCUT2D eigenvalue weighted by atomic mass is 10.0. The molecule has 0 saturated heterocycles. The second kappa shape index (κ2) is 6.21. The van der Waals surface area contributed by atoms with E-state index < -0.39 is 0 Å². The fourth-order valence-electron chi connectivity index (χ4n) is 0.846. The zero-order valence-electron chi connectivity index (χ0n) is 8.28. The zero-order chi connectivity index (χ0) is 8.69. The van der Waals surface area contributed by atoms with Crippen molar-refractivity contribution in [3.05, 3.63) is 23.3 Å². The van der Waals surface area contributed by atoms with E-state index in [2.05, 4.69) is 39.8 Å². The van der Waals surface area contributed by atoms with Crippen LogP contribution in [0.3, 0.4) is 0 Å². The largest absolute Gasteiger partial charge is 0.0730 e. The van der Waals surface area contributed by atoms with Gasteiger partial charge in [-0.1, -0.05) is 43.6 Å². The summed E-state index contributed by atoms with van der Waals surface area (Å²) in [5.41, 5.74) is 3.02. The quantitative estimate of drug-likeness (QED) is 0.490. The summed E-state index contributed by atoms with van der Waals surface area (Å²) in [5.74, 6) is 0. The van der Waals surface area contributed by atoms with E-state index in [0.29, 0.717) is 0 Å². The van der Waals surface area contributed by atoms with E-state index in [1.165, 1.54) is 30.4 Å². The van der Waals surface area contributed by atoms with E-state index in [1.54, 1.807) is 0 Å². The molecule has 0 aromatic carbocycles. The molecule has 0 aliphatic heterocycles. The van der Waals surface area contributed by atoms with Crippen LogP contribution in [0.25, 0.3) is 0 Å². The summed E-state index contributed by atoms with van der Waals surface area (Å²) in [6.45, 7) is 8.62. The van der Waals surface area contributed by atoms with Crippen LogP contribution >= 0.6 is 0 Å². The molecule has 64 valence electrons. The summed E-state index contributed by atoms with van der Waals surface area (Å²) in [7, 11) is 0. The highest BCUT2D eigenvalue weighted by Gasteiger charge is 1.95. The molecule has 0 atom stereocenters. The minimum absolute atomic E-state index is 1.25. The third-order valence-electron chi connectivity index (χ3n) is 1.57. The molecule has 0 saturated carbocycles. The maximum atomic E-state index is 2.21. The van der Waals surface area contributed by atoms with Gasteiger partial charge in [-0.3, -0.25) is 0 Å². The number of hydrogen-bond acceptors (Lipinski definition) is 0. The molecule has 0 heteroatoms. The number of rotatable bonds is 0. The molecule has 0 radical (unpaired) electrons. The van der Waals surface area contributed by atoms with Gasteiger partial charge in [-0.05, 0) is 26.7 Å². The normalized spacial score (nSPS) is 16.0. The first-order chi connectivity index (χ1) is 5.20. The molecule has 0 unspecified atom stereocenters. The van der Waals surface area contributed by atoms with Gasteiger partial charge in [-0.25, -0.2) is 0 Å². The average Bonchev–Trinajstić information content (AvgIpc) is 1.97. The van der Waals surface area contributed by atoms with E-state index in [-0.39, 0.29) is 0 Å². The van der Waals surface area contributed by atoms with Crippen LogP contribution < -0.4 is 0 Å². The van der Waals surface area contributed by atoms with Gasteiger partial charge >= 0.3 is 0 Å². The van der Waals surface area contributed by atoms with Gasteiger partial charge in [-0.15, -0.1) is 0 Å². The summed E-state index contributed by atoms with van der Waals surface area (Å²) in [6, 6.07) is 0. The Labute approximate surface area is 71.0 Å². The van der Waals surface area contributed by atoms with Crippen molar-refractivity contribution in [3.8, 4) is 0 Å². The lowest BCUT2D eigenvalue weighted by Crippen LogP contribution is -1.85. The second-order valence-electron chi connectivity index (χ2n) is 3.23. The SMILES string of the molecule is CC1=CC=C(C)CC1.CCC. The zero-order valence-corrected chi connectivity index (χ0v) is 8.28. The van der Waals surface area contributed by atoms with Gasteiger partial charge in [0.2, 0.25) is 0 Å². The highest BCUT2D eigenvalue weighted by atomic mass is 14.0. The lowest BCUT2D eigenvalue weighted by Gasteiger charge is -2.05. The third-order valence-corrected chi connectivity index (χ3v) is 1.57. The van der Waals surface area contributed by atoms with Crippen molar-refractivity contribution in [2.45, 2.75) is 47.0 Å². The first kappa shape index (κ1) is 10.5. The Morgan fingerprint density at radius 3 is 1.45 bits per heavy atom. The van der Waals surface area contributed by atoms with Gasteiger partial charge in [0.1, 0.15) is 0 Å². The molecule has 0 amide bonds. The monoisotopic (exact) mass is 152 g/mol. The minimum Gasteiger partial charge on any atom is -0.0730 e. The van der Waals surface area contributed by atoms with Crippen molar-refractivity contribution in [1.29, 1.82) is 0 Å². The van der Waals surface area contributed by atoms with Gasteiger partial charge in [0, 0.05) is 0 Å². The van der Waals surface area contributed by atoms with Crippen LogP contribution in [0.1, 0.15) is 47.0 Å². The predicted molar refractivity (Wildman–Crippen MR) is 52.7 cm³/mol. The molecule has 0 aromatic heterocycles. The molecule has 0 nitrogen and oxygen atoms in total. The van der Waals surface area contributed by atoms with Crippen molar-refractivity contribution in [1.82, 2.24) is 0 Å². The van der Waals surface area contributed by atoms with Crippen LogP contribution in [0, 0.1) is 0 Å². The van der Waals surface area contributed by atoms with Gasteiger partial charge in [-0.2, -0.15) is 0 Å². The summed E-state index contributed by atoms with van der Waals surface area (Å²) in [6.07, 6.45) is 8.20.